The Kier molecular flexibility index (Phi) is 4.27. The summed E-state index contributed by atoms with van der Waals surface area (Å²) in [6, 6.07) is 13.3. The highest BCUT2D eigenvalue weighted by atomic mass is 16.4. The number of aromatic carboxylic acids is 1. The summed E-state index contributed by atoms with van der Waals surface area (Å²) >= 11 is 0. The molecule has 2 aromatic rings. The monoisotopic (exact) mass is 297 g/mol. The average molecular weight is 297 g/mol. The molecule has 0 atom stereocenters. The lowest BCUT2D eigenvalue weighted by Crippen LogP contribution is -2.39. The van der Waals surface area contributed by atoms with Crippen molar-refractivity contribution in [1.29, 1.82) is 0 Å². The van der Waals surface area contributed by atoms with E-state index in [-0.39, 0.29) is 5.54 Å². The number of rotatable bonds is 3. The Balaban J connectivity index is 2.73. The Morgan fingerprint density at radius 2 is 1.55 bits per heavy atom. The molecule has 0 saturated heterocycles. The van der Waals surface area contributed by atoms with Gasteiger partial charge in [-0.1, -0.05) is 24.3 Å². The third-order valence-corrected chi connectivity index (χ3v) is 3.86. The van der Waals surface area contributed by atoms with Crippen LogP contribution in [0.4, 0.5) is 11.4 Å². The molecule has 0 fully saturated rings. The fourth-order valence-corrected chi connectivity index (χ4v) is 2.68. The predicted molar refractivity (Wildman–Crippen MR) is 91.2 cm³/mol. The van der Waals surface area contributed by atoms with Gasteiger partial charge < -0.3 is 10.0 Å². The number of carbonyl (C=O) groups is 1. The van der Waals surface area contributed by atoms with E-state index in [4.69, 9.17) is 0 Å². The van der Waals surface area contributed by atoms with Crippen molar-refractivity contribution >= 4 is 17.3 Å². The van der Waals surface area contributed by atoms with Crippen LogP contribution >= 0.6 is 0 Å². The zero-order valence-corrected chi connectivity index (χ0v) is 13.8. The van der Waals surface area contributed by atoms with E-state index in [1.165, 1.54) is 5.56 Å². The number of hydrogen-bond donors (Lipinski definition) is 1. The number of nitrogens with zero attached hydrogens (tertiary/aromatic N) is 1. The van der Waals surface area contributed by atoms with Crippen molar-refractivity contribution in [2.45, 2.75) is 40.2 Å². The standard InChI is InChI=1S/C19H23NO2/c1-13-9-8-12-16(14(13)2)20(19(3,4)5)17-11-7-6-10-15(17)18(21)22/h6-12H,1-5H3,(H,21,22). The van der Waals surface area contributed by atoms with Crippen molar-refractivity contribution in [3.8, 4) is 0 Å². The predicted octanol–water partition coefficient (Wildman–Crippen LogP) is 4.94. The number of carboxylic acids is 1. The molecular formula is C19H23NO2. The number of benzene rings is 2. The number of aryl methyl sites for hydroxylation is 1. The molecule has 0 aliphatic rings. The first kappa shape index (κ1) is 16.1. The second-order valence-electron chi connectivity index (χ2n) is 6.55. The minimum absolute atomic E-state index is 0.246. The molecule has 0 radical (unpaired) electrons. The first-order valence-electron chi connectivity index (χ1n) is 7.42. The van der Waals surface area contributed by atoms with Gasteiger partial charge in [-0.25, -0.2) is 4.79 Å². The van der Waals surface area contributed by atoms with Crippen LogP contribution < -0.4 is 4.90 Å². The first-order valence-corrected chi connectivity index (χ1v) is 7.42. The van der Waals surface area contributed by atoms with Gasteiger partial charge >= 0.3 is 5.97 Å². The topological polar surface area (TPSA) is 40.5 Å². The zero-order valence-electron chi connectivity index (χ0n) is 13.8. The Bertz CT molecular complexity index is 699. The third kappa shape index (κ3) is 2.98. The fourth-order valence-electron chi connectivity index (χ4n) is 2.68. The summed E-state index contributed by atoms with van der Waals surface area (Å²) in [7, 11) is 0. The molecule has 0 amide bonds. The highest BCUT2D eigenvalue weighted by Gasteiger charge is 2.28. The van der Waals surface area contributed by atoms with Crippen molar-refractivity contribution in [3.05, 3.63) is 59.2 Å². The van der Waals surface area contributed by atoms with Gasteiger partial charge in [0.1, 0.15) is 0 Å². The molecule has 2 rings (SSSR count). The molecule has 0 unspecified atom stereocenters. The van der Waals surface area contributed by atoms with Crippen LogP contribution in [-0.2, 0) is 0 Å². The van der Waals surface area contributed by atoms with Crippen molar-refractivity contribution in [3.63, 3.8) is 0 Å². The second kappa shape index (κ2) is 5.84. The van der Waals surface area contributed by atoms with Gasteiger partial charge in [-0.3, -0.25) is 0 Å². The molecule has 0 heterocycles. The normalized spacial score (nSPS) is 11.3. The lowest BCUT2D eigenvalue weighted by molar-refractivity contribution is 0.0697. The largest absolute Gasteiger partial charge is 0.478 e. The van der Waals surface area contributed by atoms with E-state index >= 15 is 0 Å². The Morgan fingerprint density at radius 3 is 2.14 bits per heavy atom. The maximum absolute atomic E-state index is 11.6. The highest BCUT2D eigenvalue weighted by Crippen LogP contribution is 2.37. The van der Waals surface area contributed by atoms with Gasteiger partial charge in [0.2, 0.25) is 0 Å². The summed E-state index contributed by atoms with van der Waals surface area (Å²) in [5, 5.41) is 9.52. The van der Waals surface area contributed by atoms with Gasteiger partial charge in [0.05, 0.1) is 11.3 Å². The van der Waals surface area contributed by atoms with Crippen LogP contribution in [0.3, 0.4) is 0 Å². The average Bonchev–Trinajstić information content (AvgIpc) is 2.43. The van der Waals surface area contributed by atoms with Crippen LogP contribution in [0.15, 0.2) is 42.5 Å². The maximum Gasteiger partial charge on any atom is 0.337 e. The van der Waals surface area contributed by atoms with Gasteiger partial charge in [-0.15, -0.1) is 0 Å². The summed E-state index contributed by atoms with van der Waals surface area (Å²) in [5.41, 5.74) is 4.19. The molecule has 0 aliphatic carbocycles. The summed E-state index contributed by atoms with van der Waals surface area (Å²) in [6.45, 7) is 10.4. The van der Waals surface area contributed by atoms with Crippen LogP contribution in [0.2, 0.25) is 0 Å². The quantitative estimate of drug-likeness (QED) is 0.872. The summed E-state index contributed by atoms with van der Waals surface area (Å²) < 4.78 is 0. The van der Waals surface area contributed by atoms with Crippen LogP contribution in [0.5, 0.6) is 0 Å². The lowest BCUT2D eigenvalue weighted by Gasteiger charge is -2.39. The maximum atomic E-state index is 11.6. The molecule has 22 heavy (non-hydrogen) atoms. The van der Waals surface area contributed by atoms with E-state index in [1.807, 2.05) is 24.3 Å². The van der Waals surface area contributed by atoms with Crippen LogP contribution in [-0.4, -0.2) is 16.6 Å². The molecule has 0 aromatic heterocycles. The van der Waals surface area contributed by atoms with Gasteiger partial charge in [0.15, 0.2) is 0 Å². The minimum Gasteiger partial charge on any atom is -0.478 e. The number of para-hydroxylation sites is 1. The zero-order chi connectivity index (χ0) is 16.5. The van der Waals surface area contributed by atoms with E-state index < -0.39 is 5.97 Å². The minimum atomic E-state index is -0.907. The molecule has 3 heteroatoms. The van der Waals surface area contributed by atoms with Crippen molar-refractivity contribution < 1.29 is 9.90 Å². The summed E-state index contributed by atoms with van der Waals surface area (Å²) in [4.78, 5) is 13.7. The molecule has 116 valence electrons. The summed E-state index contributed by atoms with van der Waals surface area (Å²) in [5.74, 6) is -0.907. The van der Waals surface area contributed by atoms with Crippen molar-refractivity contribution in [1.82, 2.24) is 0 Å². The Labute approximate surface area is 132 Å². The lowest BCUT2D eigenvalue weighted by atomic mass is 9.98. The highest BCUT2D eigenvalue weighted by molar-refractivity contribution is 5.96. The Hall–Kier alpha value is -2.29. The van der Waals surface area contributed by atoms with Gasteiger partial charge in [-0.2, -0.15) is 0 Å². The van der Waals surface area contributed by atoms with Crippen molar-refractivity contribution in [2.24, 2.45) is 0 Å². The molecule has 2 aromatic carbocycles. The van der Waals surface area contributed by atoms with Gasteiger partial charge in [0.25, 0.3) is 0 Å². The molecule has 3 nitrogen and oxygen atoms in total. The van der Waals surface area contributed by atoms with Crippen molar-refractivity contribution in [2.75, 3.05) is 4.90 Å². The summed E-state index contributed by atoms with van der Waals surface area (Å²) in [6.07, 6.45) is 0. The fraction of sp³-hybridized carbons (Fsp3) is 0.316. The van der Waals surface area contributed by atoms with E-state index in [9.17, 15) is 9.90 Å². The molecule has 0 aliphatic heterocycles. The third-order valence-electron chi connectivity index (χ3n) is 3.86. The van der Waals surface area contributed by atoms with Crippen LogP contribution in [0, 0.1) is 13.8 Å². The van der Waals surface area contributed by atoms with E-state index in [0.29, 0.717) is 5.56 Å². The van der Waals surface area contributed by atoms with Gasteiger partial charge in [-0.05, 0) is 63.9 Å². The van der Waals surface area contributed by atoms with E-state index in [1.54, 1.807) is 12.1 Å². The molecule has 1 N–H and O–H groups in total. The number of carboxylic acid groups (broad SMARTS) is 1. The molecule has 0 saturated carbocycles. The van der Waals surface area contributed by atoms with Gasteiger partial charge in [0, 0.05) is 11.2 Å². The molecule has 0 spiro atoms. The first-order chi connectivity index (χ1) is 10.2. The van der Waals surface area contributed by atoms with Crippen LogP contribution in [0.1, 0.15) is 42.3 Å². The smallest absolute Gasteiger partial charge is 0.337 e. The number of hydrogen-bond acceptors (Lipinski definition) is 2. The van der Waals surface area contributed by atoms with E-state index in [0.717, 1.165) is 16.9 Å². The number of anilines is 2. The Morgan fingerprint density at radius 1 is 0.955 bits per heavy atom. The molecular weight excluding hydrogens is 274 g/mol. The van der Waals surface area contributed by atoms with Crippen LogP contribution in [0.25, 0.3) is 0 Å². The van der Waals surface area contributed by atoms with E-state index in [2.05, 4.69) is 45.6 Å². The second-order valence-corrected chi connectivity index (χ2v) is 6.55. The molecule has 0 bridgehead atoms. The SMILES string of the molecule is Cc1cccc(N(c2ccccc2C(=O)O)C(C)(C)C)c1C.